The second-order valence-electron chi connectivity index (χ2n) is 4.19. The quantitative estimate of drug-likeness (QED) is 0.773. The predicted octanol–water partition coefficient (Wildman–Crippen LogP) is 1.20. The van der Waals surface area contributed by atoms with Gasteiger partial charge in [0.2, 0.25) is 5.91 Å². The van der Waals surface area contributed by atoms with Crippen molar-refractivity contribution in [1.29, 1.82) is 5.26 Å². The van der Waals surface area contributed by atoms with Gasteiger partial charge in [-0.1, -0.05) is 13.0 Å². The number of nitriles is 1. The first kappa shape index (κ1) is 15.2. The maximum atomic E-state index is 11.8. The van der Waals surface area contributed by atoms with E-state index in [1.807, 2.05) is 17.9 Å². The van der Waals surface area contributed by atoms with Crippen LogP contribution in [0.1, 0.15) is 18.9 Å². The van der Waals surface area contributed by atoms with Crippen LogP contribution >= 0.6 is 0 Å². The number of aliphatic hydroxyl groups excluding tert-OH is 1. The molecule has 0 saturated carbocycles. The van der Waals surface area contributed by atoms with Gasteiger partial charge in [-0.2, -0.15) is 5.26 Å². The van der Waals surface area contributed by atoms with Gasteiger partial charge in [-0.25, -0.2) is 0 Å². The lowest BCUT2D eigenvalue weighted by molar-refractivity contribution is -0.117. The van der Waals surface area contributed by atoms with Crippen molar-refractivity contribution in [3.05, 3.63) is 29.8 Å². The number of amides is 1. The summed E-state index contributed by atoms with van der Waals surface area (Å²) in [4.78, 5) is 13.8. The van der Waals surface area contributed by atoms with Gasteiger partial charge in [-0.15, -0.1) is 0 Å². The molecule has 19 heavy (non-hydrogen) atoms. The molecule has 1 aromatic carbocycles. The molecule has 0 aliphatic rings. The van der Waals surface area contributed by atoms with Crippen LogP contribution < -0.4 is 5.32 Å². The summed E-state index contributed by atoms with van der Waals surface area (Å²) in [5.41, 5.74) is 1.15. The number of likely N-dealkylation sites (N-methyl/N-ethyl adjacent to an activating group) is 1. The number of anilines is 1. The van der Waals surface area contributed by atoms with Crippen LogP contribution in [0.4, 0.5) is 5.69 Å². The summed E-state index contributed by atoms with van der Waals surface area (Å²) in [6.45, 7) is 3.83. The van der Waals surface area contributed by atoms with Crippen molar-refractivity contribution in [2.45, 2.75) is 13.3 Å². The smallest absolute Gasteiger partial charge is 0.238 e. The number of hydrogen-bond acceptors (Lipinski definition) is 4. The van der Waals surface area contributed by atoms with E-state index in [0.717, 1.165) is 6.54 Å². The Balaban J connectivity index is 2.51. The van der Waals surface area contributed by atoms with Gasteiger partial charge in [0, 0.05) is 18.8 Å². The maximum Gasteiger partial charge on any atom is 0.238 e. The molecule has 0 aliphatic heterocycles. The lowest BCUT2D eigenvalue weighted by Gasteiger charge is -2.19. The molecule has 0 spiro atoms. The van der Waals surface area contributed by atoms with Crippen molar-refractivity contribution in [2.24, 2.45) is 0 Å². The predicted molar refractivity (Wildman–Crippen MR) is 73.6 cm³/mol. The number of carbonyl (C=O) groups excluding carboxylic acids is 1. The van der Waals surface area contributed by atoms with E-state index in [9.17, 15) is 4.79 Å². The summed E-state index contributed by atoms with van der Waals surface area (Å²) in [6, 6.07) is 8.85. The van der Waals surface area contributed by atoms with Crippen LogP contribution in [0.5, 0.6) is 0 Å². The molecule has 5 nitrogen and oxygen atoms in total. The molecular formula is C14H19N3O2. The van der Waals surface area contributed by atoms with Crippen LogP contribution in [0.3, 0.4) is 0 Å². The van der Waals surface area contributed by atoms with E-state index in [4.69, 9.17) is 10.4 Å². The molecule has 0 bridgehead atoms. The van der Waals surface area contributed by atoms with Gasteiger partial charge in [0.25, 0.3) is 0 Å². The Morgan fingerprint density at radius 1 is 1.53 bits per heavy atom. The first-order valence-corrected chi connectivity index (χ1v) is 6.32. The topological polar surface area (TPSA) is 76.4 Å². The number of hydrogen-bond donors (Lipinski definition) is 2. The molecular weight excluding hydrogens is 242 g/mol. The lowest BCUT2D eigenvalue weighted by atomic mass is 10.2. The molecule has 102 valence electrons. The van der Waals surface area contributed by atoms with Crippen molar-refractivity contribution >= 4 is 11.6 Å². The average Bonchev–Trinajstić information content (AvgIpc) is 2.43. The fourth-order valence-corrected chi connectivity index (χ4v) is 1.71. The molecule has 1 aromatic rings. The minimum absolute atomic E-state index is 0.116. The first-order chi connectivity index (χ1) is 9.19. The Morgan fingerprint density at radius 2 is 2.32 bits per heavy atom. The Kier molecular flexibility index (Phi) is 6.58. The molecule has 2 N–H and O–H groups in total. The molecule has 0 atom stereocenters. The molecule has 0 radical (unpaired) electrons. The number of aliphatic hydroxyl groups is 1. The van der Waals surface area contributed by atoms with Gasteiger partial charge < -0.3 is 10.4 Å². The first-order valence-electron chi connectivity index (χ1n) is 6.32. The maximum absolute atomic E-state index is 11.8. The van der Waals surface area contributed by atoms with E-state index in [1.165, 1.54) is 0 Å². The van der Waals surface area contributed by atoms with Crippen LogP contribution in [0.15, 0.2) is 24.3 Å². The van der Waals surface area contributed by atoms with Gasteiger partial charge in [-0.3, -0.25) is 9.69 Å². The van der Waals surface area contributed by atoms with Crippen molar-refractivity contribution in [2.75, 3.05) is 31.6 Å². The van der Waals surface area contributed by atoms with Crippen molar-refractivity contribution < 1.29 is 9.90 Å². The molecule has 0 unspecified atom stereocenters. The highest BCUT2D eigenvalue weighted by Crippen LogP contribution is 2.09. The molecule has 0 fully saturated rings. The van der Waals surface area contributed by atoms with Crippen molar-refractivity contribution in [1.82, 2.24) is 4.90 Å². The van der Waals surface area contributed by atoms with Crippen LogP contribution in [0, 0.1) is 11.3 Å². The fourth-order valence-electron chi connectivity index (χ4n) is 1.71. The van der Waals surface area contributed by atoms with Crippen LogP contribution in [-0.2, 0) is 4.79 Å². The molecule has 0 aromatic heterocycles. The third-order valence-corrected chi connectivity index (χ3v) is 2.72. The summed E-state index contributed by atoms with van der Waals surface area (Å²) >= 11 is 0. The zero-order valence-corrected chi connectivity index (χ0v) is 11.1. The summed E-state index contributed by atoms with van der Waals surface area (Å²) in [5.74, 6) is -0.116. The van der Waals surface area contributed by atoms with E-state index in [1.54, 1.807) is 24.3 Å². The van der Waals surface area contributed by atoms with E-state index < -0.39 is 0 Å². The monoisotopic (exact) mass is 261 g/mol. The second-order valence-corrected chi connectivity index (χ2v) is 4.19. The Bertz CT molecular complexity index is 454. The van der Waals surface area contributed by atoms with E-state index in [2.05, 4.69) is 5.32 Å². The largest absolute Gasteiger partial charge is 0.396 e. The molecule has 1 amide bonds. The molecule has 0 aliphatic carbocycles. The van der Waals surface area contributed by atoms with Gasteiger partial charge in [-0.05, 0) is 31.2 Å². The van der Waals surface area contributed by atoms with Crippen LogP contribution in [0.2, 0.25) is 0 Å². The van der Waals surface area contributed by atoms with Gasteiger partial charge in [0.1, 0.15) is 0 Å². The summed E-state index contributed by atoms with van der Waals surface area (Å²) in [5, 5.41) is 20.3. The van der Waals surface area contributed by atoms with Crippen LogP contribution in [-0.4, -0.2) is 42.2 Å². The molecule has 1 rings (SSSR count). The second kappa shape index (κ2) is 8.25. The Labute approximate surface area is 113 Å². The number of nitrogens with zero attached hydrogens (tertiary/aromatic N) is 2. The summed E-state index contributed by atoms with van der Waals surface area (Å²) in [6.07, 6.45) is 0.658. The molecule has 0 heterocycles. The van der Waals surface area contributed by atoms with Gasteiger partial charge in [0.15, 0.2) is 0 Å². The Morgan fingerprint density at radius 3 is 2.95 bits per heavy atom. The van der Waals surface area contributed by atoms with Crippen molar-refractivity contribution in [3.63, 3.8) is 0 Å². The standard InChI is InChI=1S/C14H19N3O2/c1-2-17(7-4-8-18)11-14(19)16-13-6-3-5-12(9-13)10-15/h3,5-6,9,18H,2,4,7-8,11H2,1H3,(H,16,19). The summed E-state index contributed by atoms with van der Waals surface area (Å²) < 4.78 is 0. The highest BCUT2D eigenvalue weighted by Gasteiger charge is 2.09. The normalized spacial score (nSPS) is 10.2. The van der Waals surface area contributed by atoms with Crippen LogP contribution in [0.25, 0.3) is 0 Å². The molecule has 5 heteroatoms. The fraction of sp³-hybridized carbons (Fsp3) is 0.429. The third-order valence-electron chi connectivity index (χ3n) is 2.72. The average molecular weight is 261 g/mol. The Hall–Kier alpha value is -1.90. The highest BCUT2D eigenvalue weighted by atomic mass is 16.3. The van der Waals surface area contributed by atoms with E-state index in [-0.39, 0.29) is 19.1 Å². The molecule has 0 saturated heterocycles. The third kappa shape index (κ3) is 5.51. The minimum Gasteiger partial charge on any atom is -0.396 e. The van der Waals surface area contributed by atoms with Gasteiger partial charge in [0.05, 0.1) is 18.2 Å². The summed E-state index contributed by atoms with van der Waals surface area (Å²) in [7, 11) is 0. The zero-order valence-electron chi connectivity index (χ0n) is 11.1. The number of carbonyl (C=O) groups is 1. The van der Waals surface area contributed by atoms with Gasteiger partial charge >= 0.3 is 0 Å². The SMILES string of the molecule is CCN(CCCO)CC(=O)Nc1cccc(C#N)c1. The number of nitrogens with one attached hydrogen (secondary N) is 1. The minimum atomic E-state index is -0.116. The highest BCUT2D eigenvalue weighted by molar-refractivity contribution is 5.92. The number of rotatable bonds is 7. The lowest BCUT2D eigenvalue weighted by Crippen LogP contribution is -2.34. The van der Waals surface area contributed by atoms with E-state index >= 15 is 0 Å². The van der Waals surface area contributed by atoms with Crippen molar-refractivity contribution in [3.8, 4) is 6.07 Å². The van der Waals surface area contributed by atoms with E-state index in [0.29, 0.717) is 24.2 Å². The number of benzene rings is 1. The zero-order chi connectivity index (χ0) is 14.1.